The standard InChI is InChI=1S/C36H38N6O6/c37-23(19-21-7-3-1-4-8-21)35(47)41-17-15-39-25-11-12-26(40-16-18-42-36(48)24(38)20-22-9-5-2-6-10-22)30-29(25)33(45)31-27(43)13-14-28(44)32(31)34(30)46/h1-14,23-24,39-40,43-44H,15-20,37-38H2,(H,41,47)(H,42,48)/t23-,24-/m0/s1. The predicted octanol–water partition coefficient (Wildman–Crippen LogP) is 2.07. The normalized spacial score (nSPS) is 13.1. The van der Waals surface area contributed by atoms with Gasteiger partial charge in [0, 0.05) is 37.6 Å². The van der Waals surface area contributed by atoms with Crippen molar-refractivity contribution < 1.29 is 29.4 Å². The fourth-order valence-electron chi connectivity index (χ4n) is 5.61. The molecule has 5 rings (SSSR count). The van der Waals surface area contributed by atoms with Gasteiger partial charge in [0.25, 0.3) is 0 Å². The lowest BCUT2D eigenvalue weighted by Crippen LogP contribution is -2.43. The Labute approximate surface area is 277 Å². The van der Waals surface area contributed by atoms with E-state index in [9.17, 15) is 29.4 Å². The third-order valence-electron chi connectivity index (χ3n) is 8.02. The number of hydrogen-bond acceptors (Lipinski definition) is 10. The monoisotopic (exact) mass is 650 g/mol. The van der Waals surface area contributed by atoms with Crippen molar-refractivity contribution in [3.8, 4) is 11.5 Å². The molecule has 0 heterocycles. The number of carbonyl (C=O) groups excluding carboxylic acids is 4. The number of phenolic OH excluding ortho intramolecular Hbond substituents is 2. The molecule has 248 valence electrons. The zero-order chi connectivity index (χ0) is 34.2. The average Bonchev–Trinajstić information content (AvgIpc) is 3.09. The second-order valence-corrected chi connectivity index (χ2v) is 11.5. The summed E-state index contributed by atoms with van der Waals surface area (Å²) >= 11 is 0. The van der Waals surface area contributed by atoms with E-state index >= 15 is 0 Å². The molecule has 4 aromatic rings. The van der Waals surface area contributed by atoms with Crippen molar-refractivity contribution in [2.24, 2.45) is 11.5 Å². The second kappa shape index (κ2) is 15.2. The Morgan fingerprint density at radius 2 is 0.917 bits per heavy atom. The maximum atomic E-state index is 13.8. The minimum absolute atomic E-state index is 0.000533. The molecule has 1 aliphatic rings. The first-order valence-electron chi connectivity index (χ1n) is 15.6. The molecule has 0 unspecified atom stereocenters. The molecule has 10 N–H and O–H groups in total. The van der Waals surface area contributed by atoms with E-state index in [1.165, 1.54) is 0 Å². The number of benzene rings is 4. The second-order valence-electron chi connectivity index (χ2n) is 11.5. The Balaban J connectivity index is 1.26. The van der Waals surface area contributed by atoms with Crippen LogP contribution in [0.4, 0.5) is 11.4 Å². The van der Waals surface area contributed by atoms with Gasteiger partial charge in [-0.05, 0) is 48.2 Å². The topological polar surface area (TPSA) is 209 Å². The highest BCUT2D eigenvalue weighted by molar-refractivity contribution is 6.33. The summed E-state index contributed by atoms with van der Waals surface area (Å²) in [5.74, 6) is -2.87. The average molecular weight is 651 g/mol. The molecule has 0 saturated carbocycles. The van der Waals surface area contributed by atoms with E-state index in [2.05, 4.69) is 21.3 Å². The molecule has 1 aliphatic carbocycles. The van der Waals surface area contributed by atoms with Crippen molar-refractivity contribution in [1.82, 2.24) is 10.6 Å². The molecule has 12 heteroatoms. The van der Waals surface area contributed by atoms with Crippen molar-refractivity contribution in [3.05, 3.63) is 118 Å². The van der Waals surface area contributed by atoms with Crippen LogP contribution in [0, 0.1) is 0 Å². The SMILES string of the molecule is N[C@@H](Cc1ccccc1)C(=O)NCCNc1ccc(NCCNC(=O)[C@@H](N)Cc2ccccc2)c2c1C(=O)c1c(O)ccc(O)c1C2=O. The highest BCUT2D eigenvalue weighted by Crippen LogP contribution is 2.42. The molecule has 12 nitrogen and oxygen atoms in total. The Hall–Kier alpha value is -5.72. The lowest BCUT2D eigenvalue weighted by atomic mass is 9.81. The smallest absolute Gasteiger partial charge is 0.237 e. The van der Waals surface area contributed by atoms with Crippen molar-refractivity contribution in [3.63, 3.8) is 0 Å². The number of phenols is 2. The zero-order valence-electron chi connectivity index (χ0n) is 26.2. The van der Waals surface area contributed by atoms with Crippen molar-refractivity contribution in [2.45, 2.75) is 24.9 Å². The Morgan fingerprint density at radius 1 is 0.542 bits per heavy atom. The van der Waals surface area contributed by atoms with Gasteiger partial charge >= 0.3 is 0 Å². The van der Waals surface area contributed by atoms with Gasteiger partial charge in [0.1, 0.15) is 11.5 Å². The van der Waals surface area contributed by atoms with E-state index in [-0.39, 0.29) is 60.2 Å². The molecule has 48 heavy (non-hydrogen) atoms. The van der Waals surface area contributed by atoms with Crippen LogP contribution in [-0.4, -0.2) is 71.9 Å². The van der Waals surface area contributed by atoms with E-state index in [1.54, 1.807) is 12.1 Å². The fraction of sp³-hybridized carbons (Fsp3) is 0.222. The van der Waals surface area contributed by atoms with Crippen LogP contribution in [0.1, 0.15) is 43.0 Å². The molecular weight excluding hydrogens is 612 g/mol. The van der Waals surface area contributed by atoms with Crippen LogP contribution in [0.25, 0.3) is 0 Å². The van der Waals surface area contributed by atoms with Gasteiger partial charge in [0.2, 0.25) is 23.4 Å². The summed E-state index contributed by atoms with van der Waals surface area (Å²) in [6.45, 7) is 0.733. The maximum Gasteiger partial charge on any atom is 0.237 e. The van der Waals surface area contributed by atoms with E-state index in [0.29, 0.717) is 24.2 Å². The lowest BCUT2D eigenvalue weighted by Gasteiger charge is -2.25. The first-order chi connectivity index (χ1) is 23.2. The first-order valence-corrected chi connectivity index (χ1v) is 15.6. The zero-order valence-corrected chi connectivity index (χ0v) is 26.2. The van der Waals surface area contributed by atoms with Crippen LogP contribution in [0.3, 0.4) is 0 Å². The molecule has 2 atom stereocenters. The number of nitrogens with one attached hydrogen (secondary N) is 4. The molecule has 0 fully saturated rings. The number of hydrogen-bond donors (Lipinski definition) is 8. The number of rotatable bonds is 14. The summed E-state index contributed by atoms with van der Waals surface area (Å²) in [6, 6.07) is 22.8. The van der Waals surface area contributed by atoms with E-state index in [4.69, 9.17) is 11.5 Å². The molecule has 0 aliphatic heterocycles. The fourth-order valence-corrected chi connectivity index (χ4v) is 5.61. The molecule has 0 aromatic heterocycles. The first kappa shape index (κ1) is 33.6. The van der Waals surface area contributed by atoms with Gasteiger partial charge in [-0.2, -0.15) is 0 Å². The third kappa shape index (κ3) is 7.63. The van der Waals surface area contributed by atoms with Crippen LogP contribution in [0.2, 0.25) is 0 Å². The highest BCUT2D eigenvalue weighted by atomic mass is 16.3. The van der Waals surface area contributed by atoms with Crippen LogP contribution >= 0.6 is 0 Å². The van der Waals surface area contributed by atoms with Crippen molar-refractivity contribution in [2.75, 3.05) is 36.8 Å². The minimum atomic E-state index is -0.749. The summed E-state index contributed by atoms with van der Waals surface area (Å²) in [6.07, 6.45) is 0.747. The molecule has 0 saturated heterocycles. The Kier molecular flexibility index (Phi) is 10.7. The summed E-state index contributed by atoms with van der Waals surface area (Å²) in [4.78, 5) is 52.7. The Morgan fingerprint density at radius 3 is 1.29 bits per heavy atom. The summed E-state index contributed by atoms with van der Waals surface area (Å²) in [7, 11) is 0. The molecule has 0 spiro atoms. The van der Waals surface area contributed by atoms with Gasteiger partial charge in [0.05, 0.1) is 34.3 Å². The number of fused-ring (bicyclic) bond motifs is 2. The van der Waals surface area contributed by atoms with Gasteiger partial charge in [0.15, 0.2) is 0 Å². The van der Waals surface area contributed by atoms with Gasteiger partial charge in [-0.15, -0.1) is 0 Å². The highest BCUT2D eigenvalue weighted by Gasteiger charge is 2.38. The van der Waals surface area contributed by atoms with Crippen molar-refractivity contribution in [1.29, 1.82) is 0 Å². The van der Waals surface area contributed by atoms with E-state index in [0.717, 1.165) is 23.3 Å². The Bertz CT molecular complexity index is 1680. The number of amides is 2. The van der Waals surface area contributed by atoms with Crippen molar-refractivity contribution >= 4 is 34.8 Å². The van der Waals surface area contributed by atoms with Crippen LogP contribution < -0.4 is 32.7 Å². The van der Waals surface area contributed by atoms with Crippen LogP contribution in [0.15, 0.2) is 84.9 Å². The van der Waals surface area contributed by atoms with Crippen LogP contribution in [-0.2, 0) is 22.4 Å². The van der Waals surface area contributed by atoms with Gasteiger partial charge in [-0.25, -0.2) is 0 Å². The molecule has 4 aromatic carbocycles. The number of nitrogens with two attached hydrogens (primary N) is 2. The molecule has 2 amide bonds. The minimum Gasteiger partial charge on any atom is -0.507 e. The largest absolute Gasteiger partial charge is 0.507 e. The molecular formula is C36H38N6O6. The quantitative estimate of drug-likeness (QED) is 0.0648. The molecule has 0 bridgehead atoms. The maximum absolute atomic E-state index is 13.8. The number of ketones is 2. The van der Waals surface area contributed by atoms with Gasteiger partial charge in [-0.1, -0.05) is 60.7 Å². The lowest BCUT2D eigenvalue weighted by molar-refractivity contribution is -0.123. The van der Waals surface area contributed by atoms with E-state index < -0.39 is 35.1 Å². The summed E-state index contributed by atoms with van der Waals surface area (Å²) in [5.41, 5.74) is 14.0. The number of carbonyl (C=O) groups is 4. The number of anilines is 2. The molecule has 0 radical (unpaired) electrons. The summed E-state index contributed by atoms with van der Waals surface area (Å²) < 4.78 is 0. The van der Waals surface area contributed by atoms with Gasteiger partial charge < -0.3 is 42.9 Å². The summed E-state index contributed by atoms with van der Waals surface area (Å²) in [5, 5.41) is 32.8. The van der Waals surface area contributed by atoms with Crippen LogP contribution in [0.5, 0.6) is 11.5 Å². The van der Waals surface area contributed by atoms with Gasteiger partial charge in [-0.3, -0.25) is 19.2 Å². The predicted molar refractivity (Wildman–Crippen MR) is 182 cm³/mol. The van der Waals surface area contributed by atoms with E-state index in [1.807, 2.05) is 60.7 Å². The third-order valence-corrected chi connectivity index (χ3v) is 8.02. The number of aromatic hydroxyl groups is 2.